The van der Waals surface area contributed by atoms with Crippen molar-refractivity contribution in [3.8, 4) is 0 Å². The van der Waals surface area contributed by atoms with Gasteiger partial charge in [-0.25, -0.2) is 0 Å². The van der Waals surface area contributed by atoms with E-state index in [1.165, 1.54) is 116 Å². The molecule has 0 N–H and O–H groups in total. The van der Waals surface area contributed by atoms with Crippen molar-refractivity contribution in [2.75, 3.05) is 13.2 Å². The molecule has 0 saturated heterocycles. The molecule has 0 aliphatic heterocycles. The SMILES string of the molecule is CCCCC/C=C\C/C=C\C/C=C\C/C=C\CCCCCC(=O)OC[C@@H](COC(=O)CCCCCCCCCCCCCCC)OC(=O)CCC/C=C\C/C=C\C/C=C\C/C=C\CCCCC. The van der Waals surface area contributed by atoms with Gasteiger partial charge in [0.2, 0.25) is 0 Å². The van der Waals surface area contributed by atoms with Crippen LogP contribution in [-0.2, 0) is 28.6 Å². The lowest BCUT2D eigenvalue weighted by atomic mass is 10.0. The molecule has 6 heteroatoms. The number of ether oxygens (including phenoxy) is 3. The van der Waals surface area contributed by atoms with Crippen LogP contribution in [0.4, 0.5) is 0 Å². The van der Waals surface area contributed by atoms with Gasteiger partial charge in [-0.1, -0.05) is 227 Å². The van der Waals surface area contributed by atoms with Gasteiger partial charge in [-0.15, -0.1) is 0 Å². The summed E-state index contributed by atoms with van der Waals surface area (Å²) in [4.78, 5) is 38.1. The highest BCUT2D eigenvalue weighted by atomic mass is 16.6. The minimum atomic E-state index is -0.818. The van der Waals surface area contributed by atoms with E-state index < -0.39 is 6.10 Å². The number of carbonyl (C=O) groups excluding carboxylic acids is 3. The van der Waals surface area contributed by atoms with Crippen molar-refractivity contribution in [1.29, 1.82) is 0 Å². The molecule has 0 unspecified atom stereocenters. The molecule has 0 aromatic rings. The van der Waals surface area contributed by atoms with Crippen LogP contribution in [0.25, 0.3) is 0 Å². The minimum Gasteiger partial charge on any atom is -0.462 e. The van der Waals surface area contributed by atoms with Crippen molar-refractivity contribution in [3.63, 3.8) is 0 Å². The van der Waals surface area contributed by atoms with Gasteiger partial charge >= 0.3 is 17.9 Å². The predicted molar refractivity (Wildman–Crippen MR) is 288 cm³/mol. The van der Waals surface area contributed by atoms with Crippen molar-refractivity contribution in [3.05, 3.63) is 97.2 Å². The van der Waals surface area contributed by atoms with Gasteiger partial charge in [0.05, 0.1) is 0 Å². The first-order valence-corrected chi connectivity index (χ1v) is 27.7. The Labute approximate surface area is 413 Å². The maximum atomic E-state index is 12.8. The van der Waals surface area contributed by atoms with Crippen LogP contribution in [0.1, 0.15) is 252 Å². The molecule has 67 heavy (non-hydrogen) atoms. The molecule has 0 fully saturated rings. The molecule has 0 rings (SSSR count). The maximum Gasteiger partial charge on any atom is 0.306 e. The zero-order valence-corrected chi connectivity index (χ0v) is 43.6. The van der Waals surface area contributed by atoms with Crippen LogP contribution >= 0.6 is 0 Å². The number of esters is 3. The predicted octanol–water partition coefficient (Wildman–Crippen LogP) is 18.5. The Bertz CT molecular complexity index is 1350. The summed E-state index contributed by atoms with van der Waals surface area (Å²) >= 11 is 0. The maximum absolute atomic E-state index is 12.8. The van der Waals surface area contributed by atoms with Gasteiger partial charge in [-0.2, -0.15) is 0 Å². The van der Waals surface area contributed by atoms with Crippen LogP contribution in [0.5, 0.6) is 0 Å². The third-order valence-electron chi connectivity index (χ3n) is 11.6. The van der Waals surface area contributed by atoms with Crippen LogP contribution in [0.15, 0.2) is 97.2 Å². The smallest absolute Gasteiger partial charge is 0.306 e. The van der Waals surface area contributed by atoms with E-state index >= 15 is 0 Å². The first kappa shape index (κ1) is 63.3. The van der Waals surface area contributed by atoms with E-state index in [-0.39, 0.29) is 37.5 Å². The molecule has 0 amide bonds. The van der Waals surface area contributed by atoms with Crippen molar-refractivity contribution in [2.24, 2.45) is 0 Å². The Hall–Kier alpha value is -3.67. The monoisotopic (exact) mass is 931 g/mol. The van der Waals surface area contributed by atoms with Gasteiger partial charge in [0, 0.05) is 19.3 Å². The van der Waals surface area contributed by atoms with Crippen LogP contribution in [0.2, 0.25) is 0 Å². The number of rotatable bonds is 49. The normalized spacial score (nSPS) is 12.8. The second kappa shape index (κ2) is 54.9. The molecule has 0 aromatic carbocycles. The van der Waals surface area contributed by atoms with Gasteiger partial charge in [0.15, 0.2) is 6.10 Å². The molecule has 0 aliphatic rings. The van der Waals surface area contributed by atoms with E-state index in [0.717, 1.165) is 89.9 Å². The van der Waals surface area contributed by atoms with Gasteiger partial charge in [0.1, 0.15) is 13.2 Å². The summed E-state index contributed by atoms with van der Waals surface area (Å²) in [5, 5.41) is 0. The molecule has 0 aliphatic carbocycles. The summed E-state index contributed by atoms with van der Waals surface area (Å²) in [7, 11) is 0. The van der Waals surface area contributed by atoms with Crippen LogP contribution in [0, 0.1) is 0 Å². The van der Waals surface area contributed by atoms with Crippen molar-refractivity contribution in [2.45, 2.75) is 258 Å². The van der Waals surface area contributed by atoms with Gasteiger partial charge in [-0.05, 0) is 103 Å². The number of hydrogen-bond acceptors (Lipinski definition) is 6. The molecule has 6 nitrogen and oxygen atoms in total. The molecule has 382 valence electrons. The molecule has 0 aromatic heterocycles. The Balaban J connectivity index is 4.53. The Morgan fingerprint density at radius 2 is 0.552 bits per heavy atom. The quantitative estimate of drug-likeness (QED) is 0.0262. The fraction of sp³-hybridized carbons (Fsp3) is 0.689. The summed E-state index contributed by atoms with van der Waals surface area (Å²) < 4.78 is 16.8. The minimum absolute atomic E-state index is 0.109. The Morgan fingerprint density at radius 3 is 0.910 bits per heavy atom. The molecule has 0 radical (unpaired) electrons. The van der Waals surface area contributed by atoms with Crippen LogP contribution in [-0.4, -0.2) is 37.2 Å². The van der Waals surface area contributed by atoms with E-state index in [9.17, 15) is 14.4 Å². The van der Waals surface area contributed by atoms with Gasteiger partial charge in [-0.3, -0.25) is 14.4 Å². The van der Waals surface area contributed by atoms with Gasteiger partial charge in [0.25, 0.3) is 0 Å². The first-order chi connectivity index (χ1) is 33.0. The summed E-state index contributed by atoms with van der Waals surface area (Å²) in [6.45, 7) is 6.51. The van der Waals surface area contributed by atoms with Crippen molar-refractivity contribution < 1.29 is 28.6 Å². The second-order valence-electron chi connectivity index (χ2n) is 18.1. The largest absolute Gasteiger partial charge is 0.462 e. The Kier molecular flexibility index (Phi) is 51.9. The lowest BCUT2D eigenvalue weighted by Crippen LogP contribution is -2.30. The highest BCUT2D eigenvalue weighted by Crippen LogP contribution is 2.14. The molecule has 1 atom stereocenters. The van der Waals surface area contributed by atoms with E-state index in [1.54, 1.807) is 0 Å². The summed E-state index contributed by atoms with van der Waals surface area (Å²) in [5.41, 5.74) is 0. The molecule has 0 spiro atoms. The third-order valence-corrected chi connectivity index (χ3v) is 11.6. The molecular weight excluding hydrogens is 829 g/mol. The van der Waals surface area contributed by atoms with E-state index in [2.05, 4.69) is 118 Å². The molecule has 0 heterocycles. The highest BCUT2D eigenvalue weighted by molar-refractivity contribution is 5.71. The number of unbranched alkanes of at least 4 members (excludes halogenated alkanes) is 22. The fourth-order valence-corrected chi connectivity index (χ4v) is 7.36. The molecule has 0 saturated carbocycles. The van der Waals surface area contributed by atoms with E-state index in [0.29, 0.717) is 19.3 Å². The molecular formula is C61H102O6. The van der Waals surface area contributed by atoms with Crippen molar-refractivity contribution in [1.82, 2.24) is 0 Å². The topological polar surface area (TPSA) is 78.9 Å². The molecule has 0 bridgehead atoms. The second-order valence-corrected chi connectivity index (χ2v) is 18.1. The number of hydrogen-bond donors (Lipinski definition) is 0. The fourth-order valence-electron chi connectivity index (χ4n) is 7.36. The van der Waals surface area contributed by atoms with E-state index in [1.807, 2.05) is 0 Å². The lowest BCUT2D eigenvalue weighted by Gasteiger charge is -2.18. The number of carbonyl (C=O) groups is 3. The highest BCUT2D eigenvalue weighted by Gasteiger charge is 2.19. The average Bonchev–Trinajstić information content (AvgIpc) is 3.33. The first-order valence-electron chi connectivity index (χ1n) is 27.7. The van der Waals surface area contributed by atoms with Crippen LogP contribution in [0.3, 0.4) is 0 Å². The zero-order chi connectivity index (χ0) is 48.6. The van der Waals surface area contributed by atoms with E-state index in [4.69, 9.17) is 14.2 Å². The average molecular weight is 931 g/mol. The number of allylic oxidation sites excluding steroid dienone is 16. The Morgan fingerprint density at radius 1 is 0.299 bits per heavy atom. The zero-order valence-electron chi connectivity index (χ0n) is 43.6. The van der Waals surface area contributed by atoms with Crippen LogP contribution < -0.4 is 0 Å². The summed E-state index contributed by atoms with van der Waals surface area (Å²) in [5.74, 6) is -0.996. The summed E-state index contributed by atoms with van der Waals surface area (Å²) in [6, 6.07) is 0. The lowest BCUT2D eigenvalue weighted by molar-refractivity contribution is -0.167. The standard InChI is InChI=1S/C61H102O6/c1-4-7-10-13-16-19-22-25-27-29-30-32-33-36-39-42-45-48-51-54-60(63)66-57-58(56-65-59(62)53-50-47-44-41-38-35-24-21-18-15-12-9-6-3)67-61(64)55-52-49-46-43-40-37-34-31-28-26-23-20-17-14-11-8-5-2/h16-17,19-20,25-28,30,32,34,36-37,39,43,46,58H,4-15,18,21-24,29,31,33,35,38,40-42,44-45,47-57H2,1-3H3/b19-16-,20-17-,27-25-,28-26-,32-30-,37-34-,39-36-,46-43-/t58-/m1/s1. The van der Waals surface area contributed by atoms with Gasteiger partial charge < -0.3 is 14.2 Å². The summed E-state index contributed by atoms with van der Waals surface area (Å²) in [6.07, 6.45) is 72.5. The van der Waals surface area contributed by atoms with Crippen molar-refractivity contribution >= 4 is 17.9 Å². The third kappa shape index (κ3) is 53.2.